The van der Waals surface area contributed by atoms with Crippen LogP contribution in [-0.2, 0) is 16.1 Å². The third kappa shape index (κ3) is 4.69. The van der Waals surface area contributed by atoms with Gasteiger partial charge in [0, 0.05) is 31.1 Å². The van der Waals surface area contributed by atoms with Gasteiger partial charge < -0.3 is 10.2 Å². The van der Waals surface area contributed by atoms with Gasteiger partial charge in [0.05, 0.1) is 5.56 Å². The molecule has 1 aliphatic heterocycles. The van der Waals surface area contributed by atoms with Crippen molar-refractivity contribution in [3.63, 3.8) is 0 Å². The zero-order chi connectivity index (χ0) is 23.4. The summed E-state index contributed by atoms with van der Waals surface area (Å²) in [5, 5.41) is 4.67. The Bertz CT molecular complexity index is 1120. The number of hydrogen-bond donors (Lipinski definition) is 2. The van der Waals surface area contributed by atoms with Crippen LogP contribution in [0.3, 0.4) is 0 Å². The van der Waals surface area contributed by atoms with E-state index in [0.29, 0.717) is 11.8 Å². The Hall–Kier alpha value is -3.95. The van der Waals surface area contributed by atoms with Crippen molar-refractivity contribution >= 4 is 29.9 Å². The third-order valence-corrected chi connectivity index (χ3v) is 5.16. The predicted octanol–water partition coefficient (Wildman–Crippen LogP) is 1.58. The van der Waals surface area contributed by atoms with E-state index in [-0.39, 0.29) is 36.1 Å². The first kappa shape index (κ1) is 22.7. The van der Waals surface area contributed by atoms with Gasteiger partial charge in [0.2, 0.25) is 11.8 Å². The Morgan fingerprint density at radius 3 is 2.59 bits per heavy atom. The van der Waals surface area contributed by atoms with Gasteiger partial charge in [-0.05, 0) is 36.2 Å². The van der Waals surface area contributed by atoms with Gasteiger partial charge in [-0.25, -0.2) is 8.78 Å². The number of imide groups is 1. The van der Waals surface area contributed by atoms with E-state index < -0.39 is 41.3 Å². The lowest BCUT2D eigenvalue weighted by Gasteiger charge is -2.30. The van der Waals surface area contributed by atoms with Gasteiger partial charge in [0.15, 0.2) is 17.9 Å². The first-order chi connectivity index (χ1) is 15.2. The summed E-state index contributed by atoms with van der Waals surface area (Å²) < 4.78 is 26.4. The number of aldehydes is 1. The molecule has 1 heterocycles. The summed E-state index contributed by atoms with van der Waals surface area (Å²) in [6.07, 6.45) is 0.711. The van der Waals surface area contributed by atoms with Crippen LogP contribution in [0, 0.1) is 11.6 Å². The van der Waals surface area contributed by atoms with Crippen LogP contribution in [0.4, 0.5) is 8.78 Å². The van der Waals surface area contributed by atoms with Crippen LogP contribution in [0.15, 0.2) is 36.4 Å². The molecule has 0 aliphatic carbocycles. The molecule has 0 bridgehead atoms. The third-order valence-electron chi connectivity index (χ3n) is 5.16. The van der Waals surface area contributed by atoms with Crippen molar-refractivity contribution < 1.29 is 32.8 Å². The molecule has 1 saturated heterocycles. The number of hydrogen-bond acceptors (Lipinski definition) is 5. The lowest BCUT2D eigenvalue weighted by Crippen LogP contribution is -2.53. The number of carbonyl (C=O) groups is 5. The zero-order valence-corrected chi connectivity index (χ0v) is 17.0. The van der Waals surface area contributed by atoms with Crippen molar-refractivity contribution in [2.45, 2.75) is 25.4 Å². The van der Waals surface area contributed by atoms with Crippen molar-refractivity contribution in [1.82, 2.24) is 15.5 Å². The first-order valence-electron chi connectivity index (χ1n) is 9.64. The molecule has 10 heteroatoms. The summed E-state index contributed by atoms with van der Waals surface area (Å²) in [5.41, 5.74) is 0.244. The number of nitrogens with one attached hydrogen (secondary N) is 2. The summed E-state index contributed by atoms with van der Waals surface area (Å²) in [6, 6.07) is 6.27. The fraction of sp³-hybridized carbons (Fsp3) is 0.227. The van der Waals surface area contributed by atoms with Crippen molar-refractivity contribution in [3.05, 3.63) is 70.3 Å². The molecule has 1 fully saturated rings. The van der Waals surface area contributed by atoms with E-state index in [2.05, 4.69) is 10.6 Å². The van der Waals surface area contributed by atoms with Gasteiger partial charge in [-0.15, -0.1) is 0 Å². The van der Waals surface area contributed by atoms with Crippen molar-refractivity contribution in [2.75, 3.05) is 7.05 Å². The van der Waals surface area contributed by atoms with Crippen LogP contribution in [0.1, 0.15) is 49.5 Å². The minimum Gasteiger partial charge on any atom is -0.348 e. The minimum absolute atomic E-state index is 0.0160. The van der Waals surface area contributed by atoms with Gasteiger partial charge in [-0.3, -0.25) is 29.3 Å². The number of halogens is 2. The molecule has 1 atom stereocenters. The maximum atomic E-state index is 13.4. The van der Waals surface area contributed by atoms with E-state index in [1.165, 1.54) is 25.2 Å². The van der Waals surface area contributed by atoms with Gasteiger partial charge in [0.1, 0.15) is 6.04 Å². The van der Waals surface area contributed by atoms with Crippen LogP contribution in [0.2, 0.25) is 0 Å². The lowest BCUT2D eigenvalue weighted by molar-refractivity contribution is -0.136. The maximum absolute atomic E-state index is 13.4. The average molecular weight is 443 g/mol. The highest BCUT2D eigenvalue weighted by Crippen LogP contribution is 2.19. The van der Waals surface area contributed by atoms with E-state index in [1.807, 2.05) is 0 Å². The number of likely N-dealkylation sites (N-methyl/N-ethyl adjacent to an activating group) is 1. The number of piperidine rings is 1. The van der Waals surface area contributed by atoms with Gasteiger partial charge in [-0.1, -0.05) is 12.1 Å². The lowest BCUT2D eigenvalue weighted by atomic mass is 9.98. The molecule has 4 amide bonds. The van der Waals surface area contributed by atoms with Gasteiger partial charge in [-0.2, -0.15) is 0 Å². The Kier molecular flexibility index (Phi) is 6.72. The van der Waals surface area contributed by atoms with Crippen LogP contribution < -0.4 is 10.6 Å². The van der Waals surface area contributed by atoms with Crippen LogP contribution >= 0.6 is 0 Å². The molecule has 0 saturated carbocycles. The topological polar surface area (TPSA) is 113 Å². The molecule has 32 heavy (non-hydrogen) atoms. The molecule has 8 nitrogen and oxygen atoms in total. The van der Waals surface area contributed by atoms with E-state index in [1.54, 1.807) is 0 Å². The molecule has 0 radical (unpaired) electrons. The number of amides is 4. The molecule has 0 spiro atoms. The molecule has 3 rings (SSSR count). The second-order valence-corrected chi connectivity index (χ2v) is 7.19. The molecule has 166 valence electrons. The van der Waals surface area contributed by atoms with Crippen LogP contribution in [0.25, 0.3) is 0 Å². The van der Waals surface area contributed by atoms with Crippen molar-refractivity contribution in [2.24, 2.45) is 0 Å². The van der Waals surface area contributed by atoms with Crippen molar-refractivity contribution in [3.8, 4) is 0 Å². The van der Waals surface area contributed by atoms with Gasteiger partial charge >= 0.3 is 0 Å². The van der Waals surface area contributed by atoms with E-state index in [4.69, 9.17) is 0 Å². The molecule has 1 unspecified atom stereocenters. The standard InChI is InChI=1S/C22H19F2N3O5/c1-27(18-7-8-19(29)26-21(18)31)22(32)14-4-2-3-13(15(14)11-28)10-25-20(30)12-5-6-16(23)17(24)9-12/h2-6,9,11,18H,7-8,10H2,1H3,(H,25,30)(H,26,29,31). The van der Waals surface area contributed by atoms with E-state index in [0.717, 1.165) is 23.1 Å². The quantitative estimate of drug-likeness (QED) is 0.520. The summed E-state index contributed by atoms with van der Waals surface area (Å²) in [5.74, 6) is -4.57. The monoisotopic (exact) mass is 443 g/mol. The number of benzene rings is 2. The molecule has 1 aliphatic rings. The zero-order valence-electron chi connectivity index (χ0n) is 17.0. The number of nitrogens with zero attached hydrogens (tertiary/aromatic N) is 1. The smallest absolute Gasteiger partial charge is 0.255 e. The van der Waals surface area contributed by atoms with Gasteiger partial charge in [0.25, 0.3) is 11.8 Å². The molecule has 2 N–H and O–H groups in total. The second kappa shape index (κ2) is 9.46. The Labute approximate surface area is 181 Å². The average Bonchev–Trinajstić information content (AvgIpc) is 2.78. The Morgan fingerprint density at radius 1 is 1.19 bits per heavy atom. The number of rotatable bonds is 6. The first-order valence-corrected chi connectivity index (χ1v) is 9.64. The highest BCUT2D eigenvalue weighted by atomic mass is 19.2. The van der Waals surface area contributed by atoms with E-state index in [9.17, 15) is 32.8 Å². The normalized spacial score (nSPS) is 15.7. The fourth-order valence-corrected chi connectivity index (χ4v) is 3.39. The highest BCUT2D eigenvalue weighted by Gasteiger charge is 2.33. The molecular weight excluding hydrogens is 424 g/mol. The van der Waals surface area contributed by atoms with Crippen molar-refractivity contribution in [1.29, 1.82) is 0 Å². The maximum Gasteiger partial charge on any atom is 0.255 e. The summed E-state index contributed by atoms with van der Waals surface area (Å²) in [6.45, 7) is -0.158. The highest BCUT2D eigenvalue weighted by molar-refractivity contribution is 6.06. The second-order valence-electron chi connectivity index (χ2n) is 7.19. The molecule has 2 aromatic rings. The summed E-state index contributed by atoms with van der Waals surface area (Å²) in [7, 11) is 1.40. The minimum atomic E-state index is -1.17. The Balaban J connectivity index is 1.78. The van der Waals surface area contributed by atoms with Crippen LogP contribution in [-0.4, -0.2) is 47.9 Å². The Morgan fingerprint density at radius 2 is 1.94 bits per heavy atom. The predicted molar refractivity (Wildman–Crippen MR) is 108 cm³/mol. The van der Waals surface area contributed by atoms with Crippen LogP contribution in [0.5, 0.6) is 0 Å². The summed E-state index contributed by atoms with van der Waals surface area (Å²) in [4.78, 5) is 61.5. The largest absolute Gasteiger partial charge is 0.348 e. The molecule has 2 aromatic carbocycles. The molecule has 0 aromatic heterocycles. The molecular formula is C22H19F2N3O5. The fourth-order valence-electron chi connectivity index (χ4n) is 3.39. The number of carbonyl (C=O) groups excluding carboxylic acids is 5. The van der Waals surface area contributed by atoms with E-state index >= 15 is 0 Å². The summed E-state index contributed by atoms with van der Waals surface area (Å²) >= 11 is 0. The SMILES string of the molecule is CN(C(=O)c1cccc(CNC(=O)c2ccc(F)c(F)c2)c1C=O)C1CCC(=O)NC1=O.